The Balaban J connectivity index is 2.01. The number of amides is 2. The Kier molecular flexibility index (Phi) is 4.38. The lowest BCUT2D eigenvalue weighted by Crippen LogP contribution is -2.46. The normalized spacial score (nSPS) is 17.6. The van der Waals surface area contributed by atoms with Crippen LogP contribution in [0, 0.1) is 10.1 Å². The summed E-state index contributed by atoms with van der Waals surface area (Å²) in [4.78, 5) is 61.3. The molecule has 1 aromatic heterocycles. The van der Waals surface area contributed by atoms with Crippen molar-refractivity contribution in [1.29, 1.82) is 0 Å². The molecule has 0 N–H and O–H groups in total. The molecule has 0 aliphatic carbocycles. The molecule has 11 nitrogen and oxygen atoms in total. The van der Waals surface area contributed by atoms with Crippen LogP contribution < -0.4 is 11.2 Å². The maximum absolute atomic E-state index is 12.6. The molecule has 0 atom stereocenters. The van der Waals surface area contributed by atoms with Crippen molar-refractivity contribution in [2.75, 3.05) is 13.1 Å². The van der Waals surface area contributed by atoms with E-state index in [-0.39, 0.29) is 25.2 Å². The summed E-state index contributed by atoms with van der Waals surface area (Å²) in [6.45, 7) is 0.347. The number of hydrogen-bond donors (Lipinski definition) is 0. The third-order valence-corrected chi connectivity index (χ3v) is 4.39. The Labute approximate surface area is 141 Å². The molecule has 134 valence electrons. The number of carbonyl (C=O) groups is 2. The quantitative estimate of drug-likeness (QED) is 0.498. The van der Waals surface area contributed by atoms with Crippen LogP contribution in [0.4, 0.5) is 5.69 Å². The lowest BCUT2D eigenvalue weighted by Gasteiger charge is -2.20. The van der Waals surface area contributed by atoms with E-state index in [9.17, 15) is 29.3 Å². The van der Waals surface area contributed by atoms with Crippen LogP contribution in [0.1, 0.15) is 25.7 Å². The minimum Gasteiger partial charge on any atom is -0.324 e. The summed E-state index contributed by atoms with van der Waals surface area (Å²) in [7, 11) is 0. The van der Waals surface area contributed by atoms with E-state index < -0.39 is 21.9 Å². The summed E-state index contributed by atoms with van der Waals surface area (Å²) in [6.07, 6.45) is 2.80. The fourth-order valence-corrected chi connectivity index (χ4v) is 3.05. The smallest absolute Gasteiger partial charge is 0.324 e. The molecule has 2 fully saturated rings. The molecule has 2 saturated heterocycles. The minimum absolute atomic E-state index is 0.151. The molecule has 11 heteroatoms. The van der Waals surface area contributed by atoms with E-state index in [1.807, 2.05) is 0 Å². The van der Waals surface area contributed by atoms with Gasteiger partial charge in [-0.2, -0.15) is 0 Å². The third kappa shape index (κ3) is 3.16. The highest BCUT2D eigenvalue weighted by Gasteiger charge is 2.27. The Morgan fingerprint density at radius 2 is 1.52 bits per heavy atom. The monoisotopic (exact) mass is 351 g/mol. The van der Waals surface area contributed by atoms with Gasteiger partial charge in [-0.15, -0.1) is 0 Å². The van der Waals surface area contributed by atoms with E-state index in [1.54, 1.807) is 0 Å². The van der Waals surface area contributed by atoms with Crippen LogP contribution in [0.15, 0.2) is 15.8 Å². The molecule has 3 rings (SSSR count). The Bertz CT molecular complexity index is 856. The van der Waals surface area contributed by atoms with Gasteiger partial charge in [-0.05, 0) is 12.8 Å². The van der Waals surface area contributed by atoms with Gasteiger partial charge in [-0.1, -0.05) is 0 Å². The molecular weight excluding hydrogens is 334 g/mol. The second kappa shape index (κ2) is 6.49. The van der Waals surface area contributed by atoms with Crippen LogP contribution >= 0.6 is 0 Å². The highest BCUT2D eigenvalue weighted by atomic mass is 16.6. The van der Waals surface area contributed by atoms with E-state index in [0.717, 1.165) is 10.8 Å². The van der Waals surface area contributed by atoms with Crippen molar-refractivity contribution in [3.05, 3.63) is 37.1 Å². The van der Waals surface area contributed by atoms with Crippen LogP contribution in [0.3, 0.4) is 0 Å². The predicted molar refractivity (Wildman–Crippen MR) is 83.5 cm³/mol. The van der Waals surface area contributed by atoms with Gasteiger partial charge in [0.25, 0.3) is 0 Å². The lowest BCUT2D eigenvalue weighted by atomic mass is 10.4. The average Bonchev–Trinajstić information content (AvgIpc) is 3.15. The first-order valence-corrected chi connectivity index (χ1v) is 7.92. The van der Waals surface area contributed by atoms with Gasteiger partial charge in [0.05, 0.1) is 11.1 Å². The molecule has 0 bridgehead atoms. The summed E-state index contributed by atoms with van der Waals surface area (Å²) in [6, 6.07) is 0. The molecule has 0 spiro atoms. The molecular formula is C14H17N5O6. The first-order valence-electron chi connectivity index (χ1n) is 7.92. The van der Waals surface area contributed by atoms with Crippen LogP contribution in [0.5, 0.6) is 0 Å². The van der Waals surface area contributed by atoms with Gasteiger partial charge in [0.15, 0.2) is 0 Å². The number of hydrogen-bond acceptors (Lipinski definition) is 6. The lowest BCUT2D eigenvalue weighted by molar-refractivity contribution is -0.387. The Hall–Kier alpha value is -2.98. The fraction of sp³-hybridized carbons (Fsp3) is 0.571. The topological polar surface area (TPSA) is 128 Å². The predicted octanol–water partition coefficient (Wildman–Crippen LogP) is -0.922. The summed E-state index contributed by atoms with van der Waals surface area (Å²) in [5, 5.41) is 11.2. The standard InChI is InChI=1S/C14H17N5O6/c20-11-3-1-5-15(11)8-17-7-10(19(24)25)13(22)18(14(17)23)9-16-6-2-4-12(16)21/h7H,1-6,8-9H2. The summed E-state index contributed by atoms with van der Waals surface area (Å²) in [5.74, 6) is -0.360. The number of nitro groups is 1. The number of carbonyl (C=O) groups excluding carboxylic acids is 2. The van der Waals surface area contributed by atoms with Gasteiger partial charge in [-0.3, -0.25) is 29.1 Å². The Morgan fingerprint density at radius 3 is 2.00 bits per heavy atom. The molecule has 0 aromatic carbocycles. The first-order chi connectivity index (χ1) is 11.9. The molecule has 2 aliphatic rings. The molecule has 2 aliphatic heterocycles. The van der Waals surface area contributed by atoms with Gasteiger partial charge in [0.2, 0.25) is 11.8 Å². The largest absolute Gasteiger partial charge is 0.350 e. The van der Waals surface area contributed by atoms with Gasteiger partial charge in [-0.25, -0.2) is 9.36 Å². The SMILES string of the molecule is O=C1CCCN1Cn1cc([N+](=O)[O-])c(=O)n(CN2CCCC2=O)c1=O. The summed E-state index contributed by atoms with van der Waals surface area (Å²) in [5.41, 5.74) is -2.61. The van der Waals surface area contributed by atoms with Gasteiger partial charge in [0, 0.05) is 25.9 Å². The van der Waals surface area contributed by atoms with Gasteiger partial charge < -0.3 is 9.80 Å². The van der Waals surface area contributed by atoms with E-state index >= 15 is 0 Å². The zero-order valence-corrected chi connectivity index (χ0v) is 13.4. The van der Waals surface area contributed by atoms with E-state index in [4.69, 9.17) is 0 Å². The molecule has 0 radical (unpaired) electrons. The van der Waals surface area contributed by atoms with Crippen molar-refractivity contribution in [2.45, 2.75) is 39.0 Å². The maximum Gasteiger partial charge on any atom is 0.350 e. The van der Waals surface area contributed by atoms with Gasteiger partial charge in [0.1, 0.15) is 13.3 Å². The first kappa shape index (κ1) is 16.9. The molecule has 0 saturated carbocycles. The second-order valence-corrected chi connectivity index (χ2v) is 6.06. The van der Waals surface area contributed by atoms with Crippen molar-refractivity contribution < 1.29 is 14.5 Å². The van der Waals surface area contributed by atoms with E-state index in [2.05, 4.69) is 0 Å². The van der Waals surface area contributed by atoms with E-state index in [0.29, 0.717) is 43.3 Å². The average molecular weight is 351 g/mol. The molecule has 0 unspecified atom stereocenters. The zero-order chi connectivity index (χ0) is 18.1. The summed E-state index contributed by atoms with van der Waals surface area (Å²) >= 11 is 0. The zero-order valence-electron chi connectivity index (χ0n) is 13.4. The van der Waals surface area contributed by atoms with Crippen LogP contribution in [0.2, 0.25) is 0 Å². The third-order valence-electron chi connectivity index (χ3n) is 4.39. The summed E-state index contributed by atoms with van der Waals surface area (Å²) < 4.78 is 1.66. The van der Waals surface area contributed by atoms with E-state index in [1.165, 1.54) is 9.80 Å². The van der Waals surface area contributed by atoms with Crippen LogP contribution in [-0.4, -0.2) is 48.8 Å². The van der Waals surface area contributed by atoms with Crippen LogP contribution in [-0.2, 0) is 22.9 Å². The van der Waals surface area contributed by atoms with Crippen LogP contribution in [0.25, 0.3) is 0 Å². The van der Waals surface area contributed by atoms with Crippen molar-refractivity contribution in [3.63, 3.8) is 0 Å². The highest BCUT2D eigenvalue weighted by Crippen LogP contribution is 2.12. The molecule has 2 amide bonds. The maximum atomic E-state index is 12.6. The number of nitrogens with zero attached hydrogens (tertiary/aromatic N) is 5. The van der Waals surface area contributed by atoms with Crippen molar-refractivity contribution in [1.82, 2.24) is 18.9 Å². The number of likely N-dealkylation sites (tertiary alicyclic amines) is 2. The number of aromatic nitrogens is 2. The van der Waals surface area contributed by atoms with Crippen molar-refractivity contribution in [2.24, 2.45) is 0 Å². The van der Waals surface area contributed by atoms with Crippen molar-refractivity contribution >= 4 is 17.5 Å². The second-order valence-electron chi connectivity index (χ2n) is 6.06. The van der Waals surface area contributed by atoms with Gasteiger partial charge >= 0.3 is 16.9 Å². The fourth-order valence-electron chi connectivity index (χ4n) is 3.05. The Morgan fingerprint density at radius 1 is 0.960 bits per heavy atom. The molecule has 1 aromatic rings. The molecule has 3 heterocycles. The van der Waals surface area contributed by atoms with Crippen molar-refractivity contribution in [3.8, 4) is 0 Å². The molecule has 25 heavy (non-hydrogen) atoms. The number of rotatable bonds is 5. The minimum atomic E-state index is -1.06. The highest BCUT2D eigenvalue weighted by molar-refractivity contribution is 5.78.